The van der Waals surface area contributed by atoms with Crippen LogP contribution in [0.25, 0.3) is 0 Å². The molecule has 0 bridgehead atoms. The third kappa shape index (κ3) is 8.68. The molecule has 8 heteroatoms. The molecule has 0 saturated carbocycles. The normalized spacial score (nSPS) is 11.6. The molecular formula is C10H18N2O5S. The quantitative estimate of drug-likeness (QED) is 0.452. The zero-order valence-electron chi connectivity index (χ0n) is 10.1. The van der Waals surface area contributed by atoms with Gasteiger partial charge in [0.05, 0.1) is 0 Å². The van der Waals surface area contributed by atoms with E-state index >= 15 is 0 Å². The number of amides is 2. The Hall–Kier alpha value is -1.44. The molecule has 0 aromatic carbocycles. The summed E-state index contributed by atoms with van der Waals surface area (Å²) in [5, 5.41) is 22.0. The number of rotatable bonds is 9. The van der Waals surface area contributed by atoms with Gasteiger partial charge in [0.25, 0.3) is 0 Å². The maximum Gasteiger partial charge on any atom is 0.326 e. The first-order valence-electron chi connectivity index (χ1n) is 5.45. The smallest absolute Gasteiger partial charge is 0.326 e. The third-order valence-electron chi connectivity index (χ3n) is 2.06. The molecule has 1 unspecified atom stereocenters. The van der Waals surface area contributed by atoms with E-state index in [1.54, 1.807) is 11.8 Å². The van der Waals surface area contributed by atoms with E-state index in [0.717, 1.165) is 12.2 Å². The Bertz CT molecular complexity index is 298. The Kier molecular flexibility index (Phi) is 8.81. The number of carbonyl (C=O) groups is 3. The van der Waals surface area contributed by atoms with Crippen LogP contribution in [-0.2, 0) is 9.59 Å². The monoisotopic (exact) mass is 278 g/mol. The van der Waals surface area contributed by atoms with Crippen LogP contribution in [0.4, 0.5) is 4.79 Å². The van der Waals surface area contributed by atoms with E-state index in [4.69, 9.17) is 10.2 Å². The van der Waals surface area contributed by atoms with Crippen LogP contribution in [0.3, 0.4) is 0 Å². The Morgan fingerprint density at radius 3 is 2.44 bits per heavy atom. The lowest BCUT2D eigenvalue weighted by molar-refractivity contribution is -0.140. The second-order valence-corrected chi connectivity index (χ2v) is 4.56. The van der Waals surface area contributed by atoms with Crippen molar-refractivity contribution in [3.8, 4) is 0 Å². The lowest BCUT2D eigenvalue weighted by Crippen LogP contribution is -2.46. The summed E-state index contributed by atoms with van der Waals surface area (Å²) in [6, 6.07) is -1.77. The summed E-state index contributed by atoms with van der Waals surface area (Å²) in [5.74, 6) is -1.43. The molecule has 0 spiro atoms. The minimum atomic E-state index is -1.24. The zero-order chi connectivity index (χ0) is 14.0. The SMILES string of the molecule is CSCCCNC(=O)NC(CCC(=O)O)C(=O)O. The summed E-state index contributed by atoms with van der Waals surface area (Å²) in [4.78, 5) is 32.4. The maximum atomic E-state index is 11.3. The number of carboxylic acids is 2. The van der Waals surface area contributed by atoms with E-state index in [1.807, 2.05) is 6.26 Å². The van der Waals surface area contributed by atoms with Crippen LogP contribution in [0, 0.1) is 0 Å². The highest BCUT2D eigenvalue weighted by atomic mass is 32.2. The highest BCUT2D eigenvalue weighted by Gasteiger charge is 2.20. The van der Waals surface area contributed by atoms with E-state index in [2.05, 4.69) is 10.6 Å². The summed E-state index contributed by atoms with van der Waals surface area (Å²) >= 11 is 1.65. The number of thioether (sulfide) groups is 1. The number of urea groups is 1. The summed E-state index contributed by atoms with van der Waals surface area (Å²) < 4.78 is 0. The minimum absolute atomic E-state index is 0.136. The summed E-state index contributed by atoms with van der Waals surface area (Å²) in [7, 11) is 0. The lowest BCUT2D eigenvalue weighted by Gasteiger charge is -2.14. The third-order valence-corrected chi connectivity index (χ3v) is 2.76. The van der Waals surface area contributed by atoms with E-state index in [0.29, 0.717) is 6.54 Å². The average molecular weight is 278 g/mol. The first kappa shape index (κ1) is 16.6. The molecule has 7 nitrogen and oxygen atoms in total. The lowest BCUT2D eigenvalue weighted by atomic mass is 10.1. The molecule has 0 aliphatic rings. The van der Waals surface area contributed by atoms with Crippen LogP contribution in [0.5, 0.6) is 0 Å². The van der Waals surface area contributed by atoms with Gasteiger partial charge in [-0.3, -0.25) is 4.79 Å². The molecule has 0 aromatic rings. The standard InChI is InChI=1S/C10H18N2O5S/c1-18-6-2-5-11-10(17)12-7(9(15)16)3-4-8(13)14/h7H,2-6H2,1H3,(H,13,14)(H,15,16)(H2,11,12,17). The number of aliphatic carboxylic acids is 2. The number of nitrogens with one attached hydrogen (secondary N) is 2. The molecule has 1 atom stereocenters. The van der Waals surface area contributed by atoms with Crippen molar-refractivity contribution in [2.24, 2.45) is 0 Å². The van der Waals surface area contributed by atoms with Gasteiger partial charge >= 0.3 is 18.0 Å². The van der Waals surface area contributed by atoms with Crippen molar-refractivity contribution in [1.29, 1.82) is 0 Å². The molecule has 0 heterocycles. The largest absolute Gasteiger partial charge is 0.481 e. The Morgan fingerprint density at radius 1 is 1.28 bits per heavy atom. The van der Waals surface area contributed by atoms with Gasteiger partial charge in [0.2, 0.25) is 0 Å². The fourth-order valence-corrected chi connectivity index (χ4v) is 1.59. The second kappa shape index (κ2) is 9.58. The highest BCUT2D eigenvalue weighted by molar-refractivity contribution is 7.98. The van der Waals surface area contributed by atoms with Crippen molar-refractivity contribution in [2.45, 2.75) is 25.3 Å². The topological polar surface area (TPSA) is 116 Å². The molecule has 0 fully saturated rings. The van der Waals surface area contributed by atoms with Gasteiger partial charge in [-0.2, -0.15) is 11.8 Å². The molecule has 4 N–H and O–H groups in total. The first-order valence-corrected chi connectivity index (χ1v) is 6.84. The van der Waals surface area contributed by atoms with Crippen LogP contribution in [0.1, 0.15) is 19.3 Å². The molecule has 104 valence electrons. The molecule has 0 aliphatic heterocycles. The second-order valence-electron chi connectivity index (χ2n) is 3.57. The fraction of sp³-hybridized carbons (Fsp3) is 0.700. The molecule has 18 heavy (non-hydrogen) atoms. The van der Waals surface area contributed by atoms with Crippen molar-refractivity contribution in [3.63, 3.8) is 0 Å². The van der Waals surface area contributed by atoms with Gasteiger partial charge in [-0.15, -0.1) is 0 Å². The predicted molar refractivity (Wildman–Crippen MR) is 67.8 cm³/mol. The van der Waals surface area contributed by atoms with Crippen molar-refractivity contribution < 1.29 is 24.6 Å². The minimum Gasteiger partial charge on any atom is -0.481 e. The van der Waals surface area contributed by atoms with Crippen molar-refractivity contribution in [2.75, 3.05) is 18.6 Å². The van der Waals surface area contributed by atoms with Crippen LogP contribution in [0.2, 0.25) is 0 Å². The summed E-state index contributed by atoms with van der Waals surface area (Å²) in [6.07, 6.45) is 2.31. The van der Waals surface area contributed by atoms with Gasteiger partial charge in [-0.25, -0.2) is 9.59 Å². The van der Waals surface area contributed by atoms with Gasteiger partial charge in [0.15, 0.2) is 0 Å². The van der Waals surface area contributed by atoms with Crippen LogP contribution < -0.4 is 10.6 Å². The molecule has 0 aromatic heterocycles. The Labute approximate surface area is 109 Å². The Morgan fingerprint density at radius 2 is 1.94 bits per heavy atom. The van der Waals surface area contributed by atoms with Gasteiger partial charge in [-0.05, 0) is 24.9 Å². The van der Waals surface area contributed by atoms with Gasteiger partial charge < -0.3 is 20.8 Å². The fourth-order valence-electron chi connectivity index (χ4n) is 1.15. The van der Waals surface area contributed by atoms with Crippen LogP contribution in [-0.4, -0.2) is 52.8 Å². The number of carbonyl (C=O) groups excluding carboxylic acids is 1. The van der Waals surface area contributed by atoms with Crippen molar-refractivity contribution in [3.05, 3.63) is 0 Å². The van der Waals surface area contributed by atoms with Gasteiger partial charge in [-0.1, -0.05) is 0 Å². The number of carboxylic acid groups (broad SMARTS) is 2. The average Bonchev–Trinajstić information content (AvgIpc) is 2.29. The first-order chi connectivity index (χ1) is 8.47. The van der Waals surface area contributed by atoms with E-state index in [-0.39, 0.29) is 12.8 Å². The maximum absolute atomic E-state index is 11.3. The summed E-state index contributed by atoms with van der Waals surface area (Å²) in [6.45, 7) is 0.456. The van der Waals surface area contributed by atoms with Gasteiger partial charge in [0, 0.05) is 13.0 Å². The van der Waals surface area contributed by atoms with Crippen LogP contribution >= 0.6 is 11.8 Å². The van der Waals surface area contributed by atoms with E-state index < -0.39 is 24.0 Å². The van der Waals surface area contributed by atoms with E-state index in [1.165, 1.54) is 0 Å². The molecule has 2 amide bonds. The molecule has 0 saturated heterocycles. The van der Waals surface area contributed by atoms with Crippen molar-refractivity contribution >= 4 is 29.7 Å². The predicted octanol–water partition coefficient (Wildman–Crippen LogP) is 0.357. The molecule has 0 rings (SSSR count). The van der Waals surface area contributed by atoms with Crippen LogP contribution in [0.15, 0.2) is 0 Å². The van der Waals surface area contributed by atoms with Gasteiger partial charge in [0.1, 0.15) is 6.04 Å². The molecule has 0 aliphatic carbocycles. The highest BCUT2D eigenvalue weighted by Crippen LogP contribution is 1.98. The number of hydrogen-bond donors (Lipinski definition) is 4. The number of hydrogen-bond acceptors (Lipinski definition) is 4. The zero-order valence-corrected chi connectivity index (χ0v) is 11.0. The summed E-state index contributed by atoms with van der Waals surface area (Å²) in [5.41, 5.74) is 0. The molecule has 0 radical (unpaired) electrons. The van der Waals surface area contributed by atoms with E-state index in [9.17, 15) is 14.4 Å². The Balaban J connectivity index is 3.96. The van der Waals surface area contributed by atoms with Crippen molar-refractivity contribution in [1.82, 2.24) is 10.6 Å². The molecular weight excluding hydrogens is 260 g/mol.